The SMILES string of the molecule is COc1nc(C2=CC(=C(C)C)C(C(F)(F)F)C=C2)c(C)c(-c2cc(CN)ccc2Cl)n1. The van der Waals surface area contributed by atoms with Gasteiger partial charge in [-0.3, -0.25) is 0 Å². The Balaban J connectivity index is 2.21. The molecule has 0 radical (unpaired) electrons. The Bertz CT molecular complexity index is 1100. The average molecular weight is 450 g/mol. The lowest BCUT2D eigenvalue weighted by Crippen LogP contribution is -2.24. The van der Waals surface area contributed by atoms with Crippen LogP contribution in [0.3, 0.4) is 0 Å². The van der Waals surface area contributed by atoms with Gasteiger partial charge in [0.1, 0.15) is 0 Å². The number of nitrogens with two attached hydrogens (primary N) is 1. The van der Waals surface area contributed by atoms with Crippen molar-refractivity contribution >= 4 is 17.2 Å². The molecule has 1 atom stereocenters. The maximum atomic E-state index is 13.5. The van der Waals surface area contributed by atoms with Crippen LogP contribution in [-0.2, 0) is 6.54 Å². The van der Waals surface area contributed by atoms with E-state index in [1.54, 1.807) is 19.9 Å². The van der Waals surface area contributed by atoms with E-state index < -0.39 is 12.1 Å². The van der Waals surface area contributed by atoms with Gasteiger partial charge in [-0.15, -0.1) is 0 Å². The molecule has 2 aromatic rings. The molecule has 3 rings (SSSR count). The molecule has 2 N–H and O–H groups in total. The number of nitrogens with zero attached hydrogens (tertiary/aromatic N) is 2. The second kappa shape index (κ2) is 8.85. The standard InChI is InChI=1S/C23H23ClF3N3O/c1-12(2)16-10-15(6-7-18(16)23(25,26)27)20-13(3)21(30-22(29-20)31-4)17-9-14(11-28)5-8-19(17)24/h5-10,18H,11,28H2,1-4H3. The first kappa shape index (κ1) is 23.0. The molecule has 0 aliphatic heterocycles. The highest BCUT2D eigenvalue weighted by Crippen LogP contribution is 2.41. The molecule has 31 heavy (non-hydrogen) atoms. The third kappa shape index (κ3) is 4.67. The van der Waals surface area contributed by atoms with Gasteiger partial charge in [0.15, 0.2) is 0 Å². The van der Waals surface area contributed by atoms with Gasteiger partial charge in [-0.2, -0.15) is 23.1 Å². The molecule has 1 heterocycles. The summed E-state index contributed by atoms with van der Waals surface area (Å²) in [6.45, 7) is 5.47. The molecule has 1 aromatic heterocycles. The average Bonchev–Trinajstić information content (AvgIpc) is 2.73. The molecule has 164 valence electrons. The van der Waals surface area contributed by atoms with Crippen molar-refractivity contribution in [2.45, 2.75) is 33.5 Å². The molecule has 0 saturated heterocycles. The maximum absolute atomic E-state index is 13.5. The van der Waals surface area contributed by atoms with E-state index in [1.807, 2.05) is 19.1 Å². The number of allylic oxidation sites excluding steroid dienone is 6. The largest absolute Gasteiger partial charge is 0.467 e. The molecule has 1 aliphatic carbocycles. The first-order chi connectivity index (χ1) is 14.6. The fourth-order valence-electron chi connectivity index (χ4n) is 3.51. The van der Waals surface area contributed by atoms with Crippen LogP contribution < -0.4 is 10.5 Å². The summed E-state index contributed by atoms with van der Waals surface area (Å²) >= 11 is 6.42. The Morgan fingerprint density at radius 2 is 1.87 bits per heavy atom. The van der Waals surface area contributed by atoms with Crippen LogP contribution in [0.2, 0.25) is 5.02 Å². The Kier molecular flexibility index (Phi) is 6.57. The molecular weight excluding hydrogens is 427 g/mol. The van der Waals surface area contributed by atoms with E-state index >= 15 is 0 Å². The molecule has 0 fully saturated rings. The normalized spacial score (nSPS) is 16.4. The number of methoxy groups -OCH3 is 1. The summed E-state index contributed by atoms with van der Waals surface area (Å²) in [4.78, 5) is 8.89. The predicted molar refractivity (Wildman–Crippen MR) is 117 cm³/mol. The molecular formula is C23H23ClF3N3O. The van der Waals surface area contributed by atoms with E-state index in [4.69, 9.17) is 22.1 Å². The van der Waals surface area contributed by atoms with E-state index in [1.165, 1.54) is 19.3 Å². The third-order valence-corrected chi connectivity index (χ3v) is 5.48. The van der Waals surface area contributed by atoms with Crippen LogP contribution >= 0.6 is 11.6 Å². The summed E-state index contributed by atoms with van der Waals surface area (Å²) in [6.07, 6.45) is -0.233. The molecule has 1 unspecified atom stereocenters. The molecule has 8 heteroatoms. The number of hydrogen-bond acceptors (Lipinski definition) is 4. The van der Waals surface area contributed by atoms with Gasteiger partial charge < -0.3 is 10.5 Å². The number of ether oxygens (including phenoxy) is 1. The van der Waals surface area contributed by atoms with E-state index in [-0.39, 0.29) is 11.6 Å². The molecule has 0 bridgehead atoms. The first-order valence-electron chi connectivity index (χ1n) is 9.62. The lowest BCUT2D eigenvalue weighted by molar-refractivity contribution is -0.151. The van der Waals surface area contributed by atoms with Crippen LogP contribution in [0.5, 0.6) is 6.01 Å². The smallest absolute Gasteiger partial charge is 0.399 e. The van der Waals surface area contributed by atoms with Crippen molar-refractivity contribution in [3.05, 3.63) is 69.4 Å². The number of hydrogen-bond donors (Lipinski definition) is 1. The Labute approximate surface area is 184 Å². The highest BCUT2D eigenvalue weighted by molar-refractivity contribution is 6.33. The molecule has 0 saturated carbocycles. The molecule has 1 aromatic carbocycles. The van der Waals surface area contributed by atoms with Gasteiger partial charge in [0.05, 0.1) is 24.4 Å². The van der Waals surface area contributed by atoms with E-state index in [9.17, 15) is 13.2 Å². The minimum atomic E-state index is -4.37. The number of aromatic nitrogens is 2. The molecule has 0 amide bonds. The van der Waals surface area contributed by atoms with Crippen molar-refractivity contribution in [1.82, 2.24) is 9.97 Å². The lowest BCUT2D eigenvalue weighted by atomic mass is 9.86. The van der Waals surface area contributed by atoms with Gasteiger partial charge in [0.2, 0.25) is 0 Å². The Hall–Kier alpha value is -2.64. The summed E-state index contributed by atoms with van der Waals surface area (Å²) in [6, 6.07) is 5.50. The lowest BCUT2D eigenvalue weighted by Gasteiger charge is -2.24. The van der Waals surface area contributed by atoms with Gasteiger partial charge in [0, 0.05) is 28.3 Å². The minimum absolute atomic E-state index is 0.0933. The van der Waals surface area contributed by atoms with Gasteiger partial charge in [-0.05, 0) is 50.1 Å². The van der Waals surface area contributed by atoms with E-state index in [2.05, 4.69) is 9.97 Å². The van der Waals surface area contributed by atoms with Crippen LogP contribution in [0.4, 0.5) is 13.2 Å². The monoisotopic (exact) mass is 449 g/mol. The van der Waals surface area contributed by atoms with Crippen LogP contribution in [0, 0.1) is 12.8 Å². The summed E-state index contributed by atoms with van der Waals surface area (Å²) in [5.41, 5.74) is 10.3. The van der Waals surface area contributed by atoms with Crippen molar-refractivity contribution in [2.24, 2.45) is 11.7 Å². The van der Waals surface area contributed by atoms with Gasteiger partial charge in [0.25, 0.3) is 0 Å². The number of halogens is 4. The summed E-state index contributed by atoms with van der Waals surface area (Å²) in [5.74, 6) is -1.65. The van der Waals surface area contributed by atoms with Crippen molar-refractivity contribution in [2.75, 3.05) is 7.11 Å². The number of alkyl halides is 3. The topological polar surface area (TPSA) is 61.0 Å². The minimum Gasteiger partial charge on any atom is -0.467 e. The third-order valence-electron chi connectivity index (χ3n) is 5.15. The van der Waals surface area contributed by atoms with Crippen LogP contribution in [0.15, 0.2) is 47.6 Å². The second-order valence-corrected chi connectivity index (χ2v) is 7.89. The van der Waals surface area contributed by atoms with Gasteiger partial charge in [-0.25, -0.2) is 0 Å². The Morgan fingerprint density at radius 1 is 1.19 bits per heavy atom. The van der Waals surface area contributed by atoms with Crippen LogP contribution in [0.1, 0.15) is 30.7 Å². The number of rotatable bonds is 4. The molecule has 0 spiro atoms. The highest BCUT2D eigenvalue weighted by atomic mass is 35.5. The second-order valence-electron chi connectivity index (χ2n) is 7.48. The zero-order chi connectivity index (χ0) is 22.9. The van der Waals surface area contributed by atoms with Crippen molar-refractivity contribution in [3.8, 4) is 17.3 Å². The van der Waals surface area contributed by atoms with E-state index in [0.29, 0.717) is 45.2 Å². The number of benzene rings is 1. The molecule has 1 aliphatic rings. The quantitative estimate of drug-likeness (QED) is 0.618. The van der Waals surface area contributed by atoms with Crippen molar-refractivity contribution in [1.29, 1.82) is 0 Å². The van der Waals surface area contributed by atoms with Gasteiger partial charge in [-0.1, -0.05) is 35.4 Å². The predicted octanol–water partition coefficient (Wildman–Crippen LogP) is 6.04. The maximum Gasteiger partial charge on any atom is 0.399 e. The van der Waals surface area contributed by atoms with Crippen molar-refractivity contribution < 1.29 is 17.9 Å². The summed E-state index contributed by atoms with van der Waals surface area (Å²) in [5, 5.41) is 0.474. The zero-order valence-corrected chi connectivity index (χ0v) is 18.4. The van der Waals surface area contributed by atoms with Crippen LogP contribution in [0.25, 0.3) is 16.8 Å². The fourth-order valence-corrected chi connectivity index (χ4v) is 3.72. The highest BCUT2D eigenvalue weighted by Gasteiger charge is 2.41. The van der Waals surface area contributed by atoms with Crippen molar-refractivity contribution in [3.63, 3.8) is 0 Å². The van der Waals surface area contributed by atoms with Crippen LogP contribution in [-0.4, -0.2) is 23.3 Å². The summed E-state index contributed by atoms with van der Waals surface area (Å²) < 4.78 is 45.8. The first-order valence-corrected chi connectivity index (χ1v) is 10.0. The molecule has 4 nitrogen and oxygen atoms in total. The Morgan fingerprint density at radius 3 is 2.45 bits per heavy atom. The zero-order valence-electron chi connectivity index (χ0n) is 17.6. The van der Waals surface area contributed by atoms with E-state index in [0.717, 1.165) is 11.6 Å². The van der Waals surface area contributed by atoms with Gasteiger partial charge >= 0.3 is 12.2 Å². The fraction of sp³-hybridized carbons (Fsp3) is 0.304. The summed E-state index contributed by atoms with van der Waals surface area (Å²) in [7, 11) is 1.43.